The third kappa shape index (κ3) is 17.2. The molecule has 364 valence electrons. The topological polar surface area (TPSA) is 272 Å². The van der Waals surface area contributed by atoms with Crippen LogP contribution >= 0.6 is 48.6 Å². The van der Waals surface area contributed by atoms with Crippen LogP contribution in [0.25, 0.3) is 0 Å². The van der Waals surface area contributed by atoms with Gasteiger partial charge in [-0.05, 0) is 79.2 Å². The Morgan fingerprint density at radius 2 is 0.857 bits per heavy atom. The van der Waals surface area contributed by atoms with Gasteiger partial charge in [0, 0.05) is 61.6 Å². The summed E-state index contributed by atoms with van der Waals surface area (Å²) in [7, 11) is 0. The molecule has 0 atom stereocenters. The average Bonchev–Trinajstić information content (AvgIpc) is 4.25. The molecule has 8 aromatic rings. The van der Waals surface area contributed by atoms with Gasteiger partial charge in [0.1, 0.15) is 0 Å². The van der Waals surface area contributed by atoms with E-state index in [4.69, 9.17) is 17.7 Å². The lowest BCUT2D eigenvalue weighted by Crippen LogP contribution is -2.12. The molecule has 0 saturated heterocycles. The monoisotopic (exact) mass is 1040 g/mol. The van der Waals surface area contributed by atoms with Gasteiger partial charge < -0.3 is 17.7 Å². The van der Waals surface area contributed by atoms with E-state index in [1.54, 1.807) is 79.7 Å². The van der Waals surface area contributed by atoms with Gasteiger partial charge in [-0.2, -0.15) is 15.5 Å². The summed E-state index contributed by atoms with van der Waals surface area (Å²) in [5, 5.41) is 38.7. The Balaban J connectivity index is 0.000000174. The fourth-order valence-electron chi connectivity index (χ4n) is 5.06. The summed E-state index contributed by atoms with van der Waals surface area (Å²) in [6.45, 7) is 5.46. The number of hydrogen-bond donors (Lipinski definition) is 4. The Bertz CT molecular complexity index is 2950. The van der Waals surface area contributed by atoms with E-state index in [-0.39, 0.29) is 72.6 Å². The fraction of sp³-hybridized carbons (Fsp3) is 0.143. The number of aromatic nitrogens is 8. The van der Waals surface area contributed by atoms with Crippen LogP contribution in [0.2, 0.25) is 0 Å². The van der Waals surface area contributed by atoms with E-state index in [2.05, 4.69) is 62.1 Å². The second-order valence-electron chi connectivity index (χ2n) is 13.2. The van der Waals surface area contributed by atoms with E-state index in [0.29, 0.717) is 72.3 Å². The quantitative estimate of drug-likeness (QED) is 0.0695. The number of hydrogen-bond acceptors (Lipinski definition) is 20. The molecular weight excluding hydrogens is 1000 g/mol. The van der Waals surface area contributed by atoms with Gasteiger partial charge in [-0.1, -0.05) is 58.5 Å². The van der Waals surface area contributed by atoms with E-state index in [1.165, 1.54) is 24.3 Å². The molecule has 8 rings (SSSR count). The largest absolute Gasteiger partial charge is 0.411 e. The second kappa shape index (κ2) is 28.1. The lowest BCUT2D eigenvalue weighted by atomic mass is 10.2. The number of aryl methyl sites for hydroxylation is 3. The van der Waals surface area contributed by atoms with Crippen LogP contribution in [-0.4, -0.2) is 64.4 Å². The van der Waals surface area contributed by atoms with Crippen molar-refractivity contribution in [3.8, 4) is 0 Å². The van der Waals surface area contributed by atoms with E-state index >= 15 is 0 Å². The zero-order valence-corrected chi connectivity index (χ0v) is 39.7. The molecule has 0 saturated carbocycles. The van der Waals surface area contributed by atoms with Crippen molar-refractivity contribution in [3.05, 3.63) is 143 Å². The standard InChI is InChI=1S/C12H12FN3O2S.C11H10FN3O2S.C10H8FN3O2S.C9H6FN3O2S/c1-2-4-10-15-16-12(18-10)14-11(17)8-5-3-6-9(7-8)19-13;1-2-9-14-15-11(17-9)13-10(16)7-4-3-5-8(6-7)18-12;1-6-13-14-10(16-6)12-9(15)7-3-2-4-8(5-7)17-11;10-16-7-3-1-2-6(4-7)8(14)12-9-13-11-5-15-9/h3,5-7H,2,4H2,1H3,(H,14,16,17);3-6H,2H2,1H3,(H,13,15,16);2-5H,1H3,(H,12,14,15);1-5H,(H,12,13,14). The Kier molecular flexibility index (Phi) is 21.4. The minimum atomic E-state index is -0.430. The maximum atomic E-state index is 12.4. The molecule has 20 nitrogen and oxygen atoms in total. The molecule has 0 bridgehead atoms. The third-order valence-electron chi connectivity index (χ3n) is 8.21. The van der Waals surface area contributed by atoms with E-state index in [1.807, 2.05) is 13.8 Å². The van der Waals surface area contributed by atoms with Gasteiger partial charge in [-0.3, -0.25) is 40.4 Å². The number of anilines is 4. The molecule has 0 aliphatic rings. The minimum Gasteiger partial charge on any atom is -0.411 e. The van der Waals surface area contributed by atoms with Gasteiger partial charge in [0.2, 0.25) is 24.1 Å². The molecule has 4 N–H and O–H groups in total. The predicted molar refractivity (Wildman–Crippen MR) is 251 cm³/mol. The van der Waals surface area contributed by atoms with Crippen LogP contribution in [-0.2, 0) is 12.8 Å². The Morgan fingerprint density at radius 1 is 0.486 bits per heavy atom. The number of nitrogens with one attached hydrogen (secondary N) is 4. The van der Waals surface area contributed by atoms with Crippen molar-refractivity contribution >= 4 is 96.3 Å². The number of amides is 4. The molecule has 70 heavy (non-hydrogen) atoms. The molecule has 4 aromatic carbocycles. The minimum absolute atomic E-state index is 0.00306. The molecule has 0 unspecified atom stereocenters. The van der Waals surface area contributed by atoms with Crippen LogP contribution in [0.3, 0.4) is 0 Å². The molecule has 4 amide bonds. The molecule has 28 heteroatoms. The van der Waals surface area contributed by atoms with Crippen LogP contribution in [0, 0.1) is 6.92 Å². The lowest BCUT2D eigenvalue weighted by Gasteiger charge is -2.01. The first kappa shape index (κ1) is 53.4. The van der Waals surface area contributed by atoms with Crippen molar-refractivity contribution in [2.45, 2.75) is 59.6 Å². The molecule has 0 radical (unpaired) electrons. The second-order valence-corrected chi connectivity index (χ2v) is 15.7. The maximum absolute atomic E-state index is 12.4. The van der Waals surface area contributed by atoms with Crippen LogP contribution in [0.4, 0.5) is 39.6 Å². The maximum Gasteiger partial charge on any atom is 0.322 e. The fourth-order valence-corrected chi connectivity index (χ4v) is 6.27. The van der Waals surface area contributed by atoms with Crippen molar-refractivity contribution in [3.63, 3.8) is 0 Å². The summed E-state index contributed by atoms with van der Waals surface area (Å²) < 4.78 is 69.6. The van der Waals surface area contributed by atoms with Crippen molar-refractivity contribution in [2.24, 2.45) is 0 Å². The number of nitrogens with zero attached hydrogens (tertiary/aromatic N) is 8. The number of rotatable bonds is 15. The molecule has 0 aliphatic carbocycles. The number of halogens is 4. The van der Waals surface area contributed by atoms with Gasteiger partial charge in [-0.15, -0.1) is 20.4 Å². The van der Waals surface area contributed by atoms with Crippen LogP contribution in [0.5, 0.6) is 0 Å². The Labute approximate surface area is 411 Å². The average molecular weight is 1040 g/mol. The zero-order valence-electron chi connectivity index (χ0n) is 36.4. The van der Waals surface area contributed by atoms with Crippen LogP contribution < -0.4 is 21.3 Å². The van der Waals surface area contributed by atoms with Crippen molar-refractivity contribution in [2.75, 3.05) is 21.3 Å². The van der Waals surface area contributed by atoms with E-state index in [9.17, 15) is 34.7 Å². The molecule has 0 aliphatic heterocycles. The van der Waals surface area contributed by atoms with Gasteiger partial charge in [0.05, 0.1) is 48.6 Å². The summed E-state index contributed by atoms with van der Waals surface area (Å²) in [5.41, 5.74) is 1.30. The highest BCUT2D eigenvalue weighted by molar-refractivity contribution is 7.95. The predicted octanol–water partition coefficient (Wildman–Crippen LogP) is 11.0. The first-order chi connectivity index (χ1) is 33.9. The molecular formula is C42H36F4N12O8S4. The molecule has 0 fully saturated rings. The Morgan fingerprint density at radius 3 is 1.19 bits per heavy atom. The summed E-state index contributed by atoms with van der Waals surface area (Å²) in [4.78, 5) is 48.5. The summed E-state index contributed by atoms with van der Waals surface area (Å²) in [6.07, 6.45) is 3.24. The summed E-state index contributed by atoms with van der Waals surface area (Å²) in [5.74, 6) is -0.415. The van der Waals surface area contributed by atoms with Gasteiger partial charge in [0.15, 0.2) is 0 Å². The van der Waals surface area contributed by atoms with Gasteiger partial charge in [-0.25, -0.2) is 0 Å². The van der Waals surface area contributed by atoms with E-state index in [0.717, 1.165) is 12.8 Å². The first-order valence-electron chi connectivity index (χ1n) is 19.9. The molecule has 0 spiro atoms. The number of carbonyl (C=O) groups is 4. The number of benzene rings is 4. The van der Waals surface area contributed by atoms with Gasteiger partial charge in [0.25, 0.3) is 23.6 Å². The normalized spacial score (nSPS) is 10.3. The molecule has 4 heterocycles. The summed E-state index contributed by atoms with van der Waals surface area (Å²) in [6, 6.07) is 24.8. The van der Waals surface area contributed by atoms with Crippen molar-refractivity contribution < 1.29 is 52.4 Å². The van der Waals surface area contributed by atoms with Crippen molar-refractivity contribution in [1.29, 1.82) is 0 Å². The highest BCUT2D eigenvalue weighted by atomic mass is 32.2. The van der Waals surface area contributed by atoms with Crippen molar-refractivity contribution in [1.82, 2.24) is 40.8 Å². The third-order valence-corrected chi connectivity index (χ3v) is 9.94. The highest BCUT2D eigenvalue weighted by Crippen LogP contribution is 2.23. The SMILES string of the molecule is CCCc1nnc(NC(=O)c2cccc(SF)c2)o1.CCc1nnc(NC(=O)c2cccc(SF)c2)o1.Cc1nnc(NC(=O)c2cccc(SF)c2)o1.O=C(Nc1nnco1)c1cccc(SF)c1. The van der Waals surface area contributed by atoms with Gasteiger partial charge >= 0.3 is 24.1 Å². The number of carbonyl (C=O) groups excluding carboxylic acids is 4. The van der Waals surface area contributed by atoms with Crippen LogP contribution in [0.15, 0.2) is 141 Å². The van der Waals surface area contributed by atoms with Crippen LogP contribution in [0.1, 0.15) is 79.4 Å². The van der Waals surface area contributed by atoms with E-state index < -0.39 is 23.6 Å². The zero-order chi connectivity index (χ0) is 50.3. The summed E-state index contributed by atoms with van der Waals surface area (Å²) >= 11 is 0.325. The molecule has 4 aromatic heterocycles. The lowest BCUT2D eigenvalue weighted by molar-refractivity contribution is 0.101. The first-order valence-corrected chi connectivity index (χ1v) is 22.8. The highest BCUT2D eigenvalue weighted by Gasteiger charge is 2.15. The smallest absolute Gasteiger partial charge is 0.322 e. The Hall–Kier alpha value is -7.56.